The van der Waals surface area contributed by atoms with Gasteiger partial charge in [0, 0.05) is 5.56 Å². The van der Waals surface area contributed by atoms with Crippen molar-refractivity contribution < 1.29 is 4.79 Å². The minimum absolute atomic E-state index is 0.0814. The molecule has 0 fully saturated rings. The Kier molecular flexibility index (Phi) is 2.94. The molecule has 0 heterocycles. The highest BCUT2D eigenvalue weighted by Crippen LogP contribution is 2.18. The summed E-state index contributed by atoms with van der Waals surface area (Å²) >= 11 is 0. The largest absolute Gasteiger partial charge is 0.287 e. The van der Waals surface area contributed by atoms with Crippen LogP contribution in [0.25, 0.3) is 6.08 Å². The number of nitrogens with one attached hydrogen (secondary N) is 1. The fraction of sp³-hybridized carbons (Fsp3) is 0. The van der Waals surface area contributed by atoms with E-state index in [1.807, 2.05) is 60.7 Å². The first-order valence-electron chi connectivity index (χ1n) is 6.05. The molecule has 2 aromatic carbocycles. The molecule has 0 amide bonds. The van der Waals surface area contributed by atoms with Crippen molar-refractivity contribution in [1.82, 2.24) is 0 Å². The summed E-state index contributed by atoms with van der Waals surface area (Å²) in [5, 5.41) is 4.24. The van der Waals surface area contributed by atoms with Crippen molar-refractivity contribution >= 4 is 23.3 Å². The van der Waals surface area contributed by atoms with E-state index in [9.17, 15) is 4.79 Å². The van der Waals surface area contributed by atoms with E-state index in [2.05, 4.69) is 10.5 Å². The number of hydrazone groups is 1. The number of allylic oxidation sites excluding steroid dienone is 1. The van der Waals surface area contributed by atoms with Gasteiger partial charge >= 0.3 is 0 Å². The van der Waals surface area contributed by atoms with E-state index in [0.29, 0.717) is 5.71 Å². The maximum absolute atomic E-state index is 11.9. The number of rotatable bonds is 2. The molecule has 1 aliphatic carbocycles. The zero-order valence-corrected chi connectivity index (χ0v) is 10.2. The lowest BCUT2D eigenvalue weighted by Gasteiger charge is -2.12. The molecule has 0 spiro atoms. The van der Waals surface area contributed by atoms with Gasteiger partial charge in [-0.3, -0.25) is 10.2 Å². The predicted octanol–water partition coefficient (Wildman–Crippen LogP) is 3.10. The Bertz CT molecular complexity index is 672. The number of carbonyl (C=O) groups is 1. The summed E-state index contributed by atoms with van der Waals surface area (Å²) in [7, 11) is 0. The van der Waals surface area contributed by atoms with E-state index in [-0.39, 0.29) is 5.78 Å². The highest BCUT2D eigenvalue weighted by atomic mass is 16.1. The third-order valence-corrected chi connectivity index (χ3v) is 2.93. The van der Waals surface area contributed by atoms with Crippen LogP contribution in [0.3, 0.4) is 0 Å². The van der Waals surface area contributed by atoms with Gasteiger partial charge in [-0.1, -0.05) is 48.5 Å². The molecule has 1 aliphatic rings. The second-order valence-corrected chi connectivity index (χ2v) is 4.22. The zero-order chi connectivity index (χ0) is 13.1. The van der Waals surface area contributed by atoms with Crippen LogP contribution in [0.2, 0.25) is 0 Å². The lowest BCUT2D eigenvalue weighted by Crippen LogP contribution is -2.19. The Balaban J connectivity index is 1.96. The Labute approximate surface area is 111 Å². The first-order valence-corrected chi connectivity index (χ1v) is 6.05. The first-order chi connectivity index (χ1) is 9.34. The number of hydrogen-bond acceptors (Lipinski definition) is 3. The smallest absolute Gasteiger partial charge is 0.206 e. The number of nitrogens with zero attached hydrogens (tertiary/aromatic N) is 1. The molecule has 3 nitrogen and oxygen atoms in total. The van der Waals surface area contributed by atoms with Crippen molar-refractivity contribution in [2.24, 2.45) is 5.10 Å². The van der Waals surface area contributed by atoms with Crippen molar-refractivity contribution in [3.8, 4) is 0 Å². The number of carbonyl (C=O) groups excluding carboxylic acids is 1. The van der Waals surface area contributed by atoms with Crippen LogP contribution in [-0.2, 0) is 4.79 Å². The van der Waals surface area contributed by atoms with E-state index < -0.39 is 0 Å². The third kappa shape index (κ3) is 2.31. The molecule has 0 aliphatic heterocycles. The van der Waals surface area contributed by atoms with Crippen LogP contribution in [0.4, 0.5) is 5.69 Å². The second kappa shape index (κ2) is 4.90. The normalized spacial score (nSPS) is 15.4. The van der Waals surface area contributed by atoms with Gasteiger partial charge in [-0.2, -0.15) is 5.10 Å². The Hall–Kier alpha value is -2.68. The van der Waals surface area contributed by atoms with Gasteiger partial charge < -0.3 is 0 Å². The minimum Gasteiger partial charge on any atom is -0.287 e. The third-order valence-electron chi connectivity index (χ3n) is 2.93. The van der Waals surface area contributed by atoms with Crippen LogP contribution >= 0.6 is 0 Å². The maximum atomic E-state index is 11.9. The summed E-state index contributed by atoms with van der Waals surface area (Å²) in [6, 6.07) is 17.3. The molecular formula is C16H12N2O. The van der Waals surface area contributed by atoms with E-state index in [1.165, 1.54) is 0 Å². The van der Waals surface area contributed by atoms with Gasteiger partial charge in [-0.25, -0.2) is 0 Å². The quantitative estimate of drug-likeness (QED) is 0.830. The molecule has 0 radical (unpaired) electrons. The summed E-state index contributed by atoms with van der Waals surface area (Å²) in [5.41, 5.74) is 6.09. The van der Waals surface area contributed by atoms with Crippen LogP contribution in [-0.4, -0.2) is 11.5 Å². The molecular weight excluding hydrogens is 236 g/mol. The van der Waals surface area contributed by atoms with Gasteiger partial charge in [0.25, 0.3) is 0 Å². The summed E-state index contributed by atoms with van der Waals surface area (Å²) < 4.78 is 0. The van der Waals surface area contributed by atoms with Crippen LogP contribution in [0, 0.1) is 0 Å². The maximum Gasteiger partial charge on any atom is 0.206 e. The van der Waals surface area contributed by atoms with E-state index in [0.717, 1.165) is 16.8 Å². The standard InChI is InChI=1S/C16H12N2O/c19-15-11-10-12-6-4-5-9-14(12)16(15)18-17-13-7-2-1-3-8-13/h1-11,17H. The summed E-state index contributed by atoms with van der Waals surface area (Å²) in [4.78, 5) is 11.9. The molecule has 92 valence electrons. The number of anilines is 1. The molecule has 0 unspecified atom stereocenters. The molecule has 0 saturated carbocycles. The molecule has 3 rings (SSSR count). The average molecular weight is 248 g/mol. The SMILES string of the molecule is O=C1C=Cc2ccccc2C1=NNc1ccccc1. The van der Waals surface area contributed by atoms with Gasteiger partial charge in [0.2, 0.25) is 5.78 Å². The van der Waals surface area contributed by atoms with Gasteiger partial charge in [0.05, 0.1) is 5.69 Å². The molecule has 0 atom stereocenters. The Morgan fingerprint density at radius 3 is 2.42 bits per heavy atom. The molecule has 1 N–H and O–H groups in total. The van der Waals surface area contributed by atoms with Crippen LogP contribution in [0.5, 0.6) is 0 Å². The highest BCUT2D eigenvalue weighted by Gasteiger charge is 2.18. The summed E-state index contributed by atoms with van der Waals surface area (Å²) in [5.74, 6) is -0.0814. The van der Waals surface area contributed by atoms with Crippen molar-refractivity contribution in [2.75, 3.05) is 5.43 Å². The van der Waals surface area contributed by atoms with Crippen molar-refractivity contribution in [3.63, 3.8) is 0 Å². The molecule has 0 bridgehead atoms. The average Bonchev–Trinajstić information content (AvgIpc) is 2.47. The molecule has 0 saturated heterocycles. The monoisotopic (exact) mass is 248 g/mol. The summed E-state index contributed by atoms with van der Waals surface area (Å²) in [6.07, 6.45) is 3.37. The van der Waals surface area contributed by atoms with Crippen molar-refractivity contribution in [1.29, 1.82) is 0 Å². The summed E-state index contributed by atoms with van der Waals surface area (Å²) in [6.45, 7) is 0. The molecule has 19 heavy (non-hydrogen) atoms. The number of benzene rings is 2. The Morgan fingerprint density at radius 2 is 1.58 bits per heavy atom. The molecule has 2 aromatic rings. The van der Waals surface area contributed by atoms with Gasteiger partial charge in [-0.05, 0) is 23.8 Å². The predicted molar refractivity (Wildman–Crippen MR) is 77.1 cm³/mol. The lowest BCUT2D eigenvalue weighted by atomic mass is 9.95. The van der Waals surface area contributed by atoms with Gasteiger partial charge in [-0.15, -0.1) is 0 Å². The fourth-order valence-electron chi connectivity index (χ4n) is 1.98. The number of ketones is 1. The Morgan fingerprint density at radius 1 is 0.842 bits per heavy atom. The fourth-order valence-corrected chi connectivity index (χ4v) is 1.98. The highest BCUT2D eigenvalue weighted by molar-refractivity contribution is 6.52. The van der Waals surface area contributed by atoms with E-state index in [1.54, 1.807) is 6.08 Å². The zero-order valence-electron chi connectivity index (χ0n) is 10.2. The van der Waals surface area contributed by atoms with E-state index in [4.69, 9.17) is 0 Å². The number of fused-ring (bicyclic) bond motifs is 1. The topological polar surface area (TPSA) is 41.5 Å². The van der Waals surface area contributed by atoms with Crippen LogP contribution < -0.4 is 5.43 Å². The van der Waals surface area contributed by atoms with Gasteiger partial charge in [0.15, 0.2) is 0 Å². The van der Waals surface area contributed by atoms with Crippen LogP contribution in [0.1, 0.15) is 11.1 Å². The van der Waals surface area contributed by atoms with Crippen molar-refractivity contribution in [2.45, 2.75) is 0 Å². The molecule has 0 aromatic heterocycles. The van der Waals surface area contributed by atoms with Crippen LogP contribution in [0.15, 0.2) is 65.8 Å². The number of hydrogen-bond donors (Lipinski definition) is 1. The lowest BCUT2D eigenvalue weighted by molar-refractivity contribution is -0.108. The van der Waals surface area contributed by atoms with Gasteiger partial charge in [0.1, 0.15) is 5.71 Å². The number of para-hydroxylation sites is 1. The van der Waals surface area contributed by atoms with Crippen molar-refractivity contribution in [3.05, 3.63) is 71.8 Å². The second-order valence-electron chi connectivity index (χ2n) is 4.22. The first kappa shape index (κ1) is 11.4. The van der Waals surface area contributed by atoms with E-state index >= 15 is 0 Å². The molecule has 3 heteroatoms. The minimum atomic E-state index is -0.0814.